The molecule has 0 aliphatic heterocycles. The Kier molecular flexibility index (Phi) is 3.85. The molecule has 100 valence electrons. The van der Waals surface area contributed by atoms with E-state index in [0.717, 1.165) is 30.3 Å². The number of aliphatic hydroxyl groups is 1. The number of hydrogen-bond acceptors (Lipinski definition) is 1. The van der Waals surface area contributed by atoms with Gasteiger partial charge >= 0.3 is 0 Å². The van der Waals surface area contributed by atoms with Gasteiger partial charge in [-0.25, -0.2) is 17.6 Å². The van der Waals surface area contributed by atoms with E-state index in [2.05, 4.69) is 0 Å². The van der Waals surface area contributed by atoms with Gasteiger partial charge in [0.2, 0.25) is 0 Å². The van der Waals surface area contributed by atoms with Gasteiger partial charge in [0, 0.05) is 11.1 Å². The van der Waals surface area contributed by atoms with Gasteiger partial charge in [-0.05, 0) is 23.8 Å². The zero-order chi connectivity index (χ0) is 14.0. The molecule has 0 saturated heterocycles. The first-order valence-electron chi connectivity index (χ1n) is 5.50. The molecule has 2 aromatic carbocycles. The van der Waals surface area contributed by atoms with Crippen LogP contribution < -0.4 is 0 Å². The molecule has 0 spiro atoms. The zero-order valence-electron chi connectivity index (χ0n) is 9.66. The van der Waals surface area contributed by atoms with Crippen LogP contribution in [0.5, 0.6) is 0 Å². The van der Waals surface area contributed by atoms with Crippen molar-refractivity contribution in [3.8, 4) is 0 Å². The van der Waals surface area contributed by atoms with E-state index in [9.17, 15) is 22.7 Å². The Hall–Kier alpha value is -1.88. The number of aliphatic hydroxyl groups excluding tert-OH is 1. The fraction of sp³-hybridized carbons (Fsp3) is 0.143. The SMILES string of the molecule is OC(c1ccc(C(F)F)cc1)c1cc(F)ccc1F. The fourth-order valence-corrected chi connectivity index (χ4v) is 1.73. The van der Waals surface area contributed by atoms with Gasteiger partial charge in [0.1, 0.15) is 17.7 Å². The smallest absolute Gasteiger partial charge is 0.263 e. The van der Waals surface area contributed by atoms with Crippen LogP contribution in [0.4, 0.5) is 17.6 Å². The molecular formula is C14H10F4O. The first-order chi connectivity index (χ1) is 8.99. The summed E-state index contributed by atoms with van der Waals surface area (Å²) >= 11 is 0. The van der Waals surface area contributed by atoms with Crippen molar-refractivity contribution in [2.45, 2.75) is 12.5 Å². The Balaban J connectivity index is 2.33. The van der Waals surface area contributed by atoms with Gasteiger partial charge in [0.15, 0.2) is 0 Å². The topological polar surface area (TPSA) is 20.2 Å². The maximum Gasteiger partial charge on any atom is 0.263 e. The predicted octanol–water partition coefficient (Wildman–Crippen LogP) is 3.98. The van der Waals surface area contributed by atoms with Gasteiger partial charge in [-0.2, -0.15) is 0 Å². The molecule has 19 heavy (non-hydrogen) atoms. The summed E-state index contributed by atoms with van der Waals surface area (Å²) < 4.78 is 51.2. The molecule has 1 N–H and O–H groups in total. The standard InChI is InChI=1S/C14H10F4O/c15-10-5-6-12(16)11(7-10)13(19)8-1-3-9(4-2-8)14(17)18/h1-7,13-14,19H. The minimum atomic E-state index is -2.61. The molecule has 0 aromatic heterocycles. The van der Waals surface area contributed by atoms with Crippen molar-refractivity contribution in [2.24, 2.45) is 0 Å². The van der Waals surface area contributed by atoms with Crippen LogP contribution in [0.1, 0.15) is 29.2 Å². The van der Waals surface area contributed by atoms with E-state index in [1.54, 1.807) is 0 Å². The average Bonchev–Trinajstić information content (AvgIpc) is 2.41. The third kappa shape index (κ3) is 2.93. The summed E-state index contributed by atoms with van der Waals surface area (Å²) in [6.45, 7) is 0. The Bertz CT molecular complexity index is 566. The van der Waals surface area contributed by atoms with Crippen LogP contribution in [0.15, 0.2) is 42.5 Å². The maximum atomic E-state index is 13.5. The highest BCUT2D eigenvalue weighted by atomic mass is 19.3. The van der Waals surface area contributed by atoms with E-state index in [-0.39, 0.29) is 16.7 Å². The number of halogens is 4. The molecule has 0 bridgehead atoms. The quantitative estimate of drug-likeness (QED) is 0.836. The van der Waals surface area contributed by atoms with Crippen LogP contribution >= 0.6 is 0 Å². The summed E-state index contributed by atoms with van der Waals surface area (Å²) in [6.07, 6.45) is -4.01. The van der Waals surface area contributed by atoms with Gasteiger partial charge in [0.05, 0.1) is 0 Å². The van der Waals surface area contributed by atoms with Crippen molar-refractivity contribution in [3.63, 3.8) is 0 Å². The molecule has 0 aliphatic rings. The van der Waals surface area contributed by atoms with Gasteiger partial charge in [-0.1, -0.05) is 24.3 Å². The lowest BCUT2D eigenvalue weighted by atomic mass is 10.00. The van der Waals surface area contributed by atoms with Crippen LogP contribution in [0.3, 0.4) is 0 Å². The van der Waals surface area contributed by atoms with E-state index in [1.807, 2.05) is 0 Å². The van der Waals surface area contributed by atoms with E-state index in [0.29, 0.717) is 0 Å². The van der Waals surface area contributed by atoms with Gasteiger partial charge in [0.25, 0.3) is 6.43 Å². The second-order valence-electron chi connectivity index (χ2n) is 4.04. The number of benzene rings is 2. The highest BCUT2D eigenvalue weighted by molar-refractivity contribution is 5.33. The molecule has 1 unspecified atom stereocenters. The highest BCUT2D eigenvalue weighted by Gasteiger charge is 2.16. The second kappa shape index (κ2) is 5.40. The van der Waals surface area contributed by atoms with E-state index >= 15 is 0 Å². The number of alkyl halides is 2. The van der Waals surface area contributed by atoms with Crippen LogP contribution in [0.25, 0.3) is 0 Å². The molecule has 0 aliphatic carbocycles. The highest BCUT2D eigenvalue weighted by Crippen LogP contribution is 2.27. The van der Waals surface area contributed by atoms with Crippen molar-refractivity contribution in [1.29, 1.82) is 0 Å². The molecule has 0 heterocycles. The normalized spacial score (nSPS) is 12.7. The van der Waals surface area contributed by atoms with Crippen molar-refractivity contribution < 1.29 is 22.7 Å². The van der Waals surface area contributed by atoms with Crippen molar-refractivity contribution >= 4 is 0 Å². The summed E-state index contributed by atoms with van der Waals surface area (Å²) in [5, 5.41) is 9.93. The summed E-state index contributed by atoms with van der Waals surface area (Å²) in [7, 11) is 0. The van der Waals surface area contributed by atoms with Gasteiger partial charge < -0.3 is 5.11 Å². The molecule has 0 radical (unpaired) electrons. The lowest BCUT2D eigenvalue weighted by Gasteiger charge is -2.13. The third-order valence-electron chi connectivity index (χ3n) is 2.76. The van der Waals surface area contributed by atoms with Crippen molar-refractivity contribution in [1.82, 2.24) is 0 Å². The summed E-state index contributed by atoms with van der Waals surface area (Å²) in [5.41, 5.74) is -0.214. The molecule has 2 rings (SSSR count). The zero-order valence-corrected chi connectivity index (χ0v) is 9.66. The first-order valence-corrected chi connectivity index (χ1v) is 5.50. The van der Waals surface area contributed by atoms with Crippen molar-refractivity contribution in [3.05, 3.63) is 70.8 Å². The van der Waals surface area contributed by atoms with E-state index in [1.165, 1.54) is 12.1 Å². The molecular weight excluding hydrogens is 260 g/mol. The molecule has 1 nitrogen and oxygen atoms in total. The minimum Gasteiger partial charge on any atom is -0.384 e. The van der Waals surface area contributed by atoms with Crippen LogP contribution in [0.2, 0.25) is 0 Å². The van der Waals surface area contributed by atoms with Crippen LogP contribution in [0, 0.1) is 11.6 Å². The summed E-state index contributed by atoms with van der Waals surface area (Å²) in [6, 6.07) is 7.52. The lowest BCUT2D eigenvalue weighted by Crippen LogP contribution is -2.03. The predicted molar refractivity (Wildman–Crippen MR) is 61.8 cm³/mol. The van der Waals surface area contributed by atoms with E-state index in [4.69, 9.17) is 0 Å². The fourth-order valence-electron chi connectivity index (χ4n) is 1.73. The lowest BCUT2D eigenvalue weighted by molar-refractivity contribution is 0.151. The number of hydrogen-bond donors (Lipinski definition) is 1. The van der Waals surface area contributed by atoms with Gasteiger partial charge in [-0.15, -0.1) is 0 Å². The molecule has 0 amide bonds. The van der Waals surface area contributed by atoms with Gasteiger partial charge in [-0.3, -0.25) is 0 Å². The minimum absolute atomic E-state index is 0.198. The molecule has 2 aromatic rings. The Morgan fingerprint density at radius 1 is 0.842 bits per heavy atom. The largest absolute Gasteiger partial charge is 0.384 e. The average molecular weight is 270 g/mol. The molecule has 0 saturated carbocycles. The number of rotatable bonds is 3. The maximum absolute atomic E-state index is 13.5. The third-order valence-corrected chi connectivity index (χ3v) is 2.76. The summed E-state index contributed by atoms with van der Waals surface area (Å²) in [4.78, 5) is 0. The Morgan fingerprint density at radius 3 is 2.00 bits per heavy atom. The second-order valence-corrected chi connectivity index (χ2v) is 4.04. The Labute approximate surface area is 107 Å². The molecule has 1 atom stereocenters. The first kappa shape index (κ1) is 13.5. The summed E-state index contributed by atoms with van der Waals surface area (Å²) in [5.74, 6) is -1.44. The van der Waals surface area contributed by atoms with Crippen molar-refractivity contribution in [2.75, 3.05) is 0 Å². The van der Waals surface area contributed by atoms with Crippen LogP contribution in [-0.4, -0.2) is 5.11 Å². The van der Waals surface area contributed by atoms with E-state index < -0.39 is 24.2 Å². The molecule has 5 heteroatoms. The Morgan fingerprint density at radius 2 is 1.42 bits per heavy atom. The van der Waals surface area contributed by atoms with Crippen LogP contribution in [-0.2, 0) is 0 Å². The monoisotopic (exact) mass is 270 g/mol. The molecule has 0 fully saturated rings.